The number of anilines is 1. The fourth-order valence-corrected chi connectivity index (χ4v) is 3.32. The first-order valence-electron chi connectivity index (χ1n) is 8.29. The molecular weight excluding hydrogens is 418 g/mol. The molecular formula is C19H16ClN3O5S. The number of ether oxygens (including phenoxy) is 3. The zero-order valence-corrected chi connectivity index (χ0v) is 17.0. The van der Waals surface area contributed by atoms with Crippen molar-refractivity contribution in [3.63, 3.8) is 0 Å². The number of hydrogen-bond donors (Lipinski definition) is 1. The third-order valence-corrected chi connectivity index (χ3v) is 4.60. The Hall–Kier alpha value is -3.17. The monoisotopic (exact) mass is 433 g/mol. The Morgan fingerprint density at radius 2 is 2.03 bits per heavy atom. The van der Waals surface area contributed by atoms with E-state index >= 15 is 0 Å². The van der Waals surface area contributed by atoms with E-state index in [-0.39, 0.29) is 0 Å². The van der Waals surface area contributed by atoms with Gasteiger partial charge < -0.3 is 19.5 Å². The van der Waals surface area contributed by atoms with Gasteiger partial charge in [-0.2, -0.15) is 8.75 Å². The van der Waals surface area contributed by atoms with Gasteiger partial charge in [0.25, 0.3) is 5.91 Å². The zero-order valence-electron chi connectivity index (χ0n) is 15.5. The van der Waals surface area contributed by atoms with Crippen molar-refractivity contribution in [2.45, 2.75) is 0 Å². The standard InChI is InChI=1S/C19H16ClN3O5S/c1-26-15-9-11(8-12(20)19(15)27-2)6-7-17(25)28-10-16(24)21-13-4-3-5-14-18(13)23-29-22-14/h3-9H,10H2,1-2H3,(H,21,24)/b7-6+. The van der Waals surface area contributed by atoms with E-state index < -0.39 is 18.5 Å². The van der Waals surface area contributed by atoms with Crippen LogP contribution in [0.15, 0.2) is 36.4 Å². The van der Waals surface area contributed by atoms with Gasteiger partial charge in [0.2, 0.25) is 0 Å². The Balaban J connectivity index is 1.57. The van der Waals surface area contributed by atoms with Crippen molar-refractivity contribution < 1.29 is 23.8 Å². The molecule has 1 aromatic heterocycles. The van der Waals surface area contributed by atoms with Crippen molar-refractivity contribution in [3.05, 3.63) is 47.0 Å². The van der Waals surface area contributed by atoms with Crippen molar-refractivity contribution >= 4 is 58.0 Å². The third-order valence-electron chi connectivity index (χ3n) is 3.77. The summed E-state index contributed by atoms with van der Waals surface area (Å²) in [4.78, 5) is 24.0. The summed E-state index contributed by atoms with van der Waals surface area (Å²) in [6.07, 6.45) is 2.69. The number of methoxy groups -OCH3 is 2. The SMILES string of the molecule is COc1cc(/C=C/C(=O)OCC(=O)Nc2cccc3nsnc23)cc(Cl)c1OC. The summed E-state index contributed by atoms with van der Waals surface area (Å²) in [6, 6.07) is 8.51. The number of nitrogens with one attached hydrogen (secondary N) is 1. The normalized spacial score (nSPS) is 10.9. The van der Waals surface area contributed by atoms with E-state index in [1.165, 1.54) is 26.4 Å². The number of halogens is 1. The van der Waals surface area contributed by atoms with Crippen LogP contribution in [0.2, 0.25) is 5.02 Å². The maximum atomic E-state index is 12.1. The summed E-state index contributed by atoms with van der Waals surface area (Å²) >= 11 is 7.18. The highest BCUT2D eigenvalue weighted by Gasteiger charge is 2.12. The number of fused-ring (bicyclic) bond motifs is 1. The second-order valence-electron chi connectivity index (χ2n) is 5.66. The smallest absolute Gasteiger partial charge is 0.331 e. The van der Waals surface area contributed by atoms with Crippen LogP contribution in [0, 0.1) is 0 Å². The van der Waals surface area contributed by atoms with Crippen LogP contribution in [0.1, 0.15) is 5.56 Å². The van der Waals surface area contributed by atoms with Gasteiger partial charge in [0.15, 0.2) is 18.1 Å². The maximum Gasteiger partial charge on any atom is 0.331 e. The van der Waals surface area contributed by atoms with Crippen LogP contribution in [-0.4, -0.2) is 41.5 Å². The van der Waals surface area contributed by atoms with Gasteiger partial charge in [0.05, 0.1) is 36.7 Å². The first-order chi connectivity index (χ1) is 14.0. The highest BCUT2D eigenvalue weighted by atomic mass is 35.5. The van der Waals surface area contributed by atoms with Crippen LogP contribution < -0.4 is 14.8 Å². The van der Waals surface area contributed by atoms with Crippen molar-refractivity contribution in [2.75, 3.05) is 26.1 Å². The summed E-state index contributed by atoms with van der Waals surface area (Å²) in [6.45, 7) is -0.441. The minimum Gasteiger partial charge on any atom is -0.493 e. The van der Waals surface area contributed by atoms with Crippen LogP contribution >= 0.6 is 23.3 Å². The molecule has 1 heterocycles. The first-order valence-corrected chi connectivity index (χ1v) is 9.40. The highest BCUT2D eigenvalue weighted by Crippen LogP contribution is 2.36. The fourth-order valence-electron chi connectivity index (χ4n) is 2.48. The quantitative estimate of drug-likeness (QED) is 0.449. The molecule has 0 saturated carbocycles. The molecule has 0 unspecified atom stereocenters. The topological polar surface area (TPSA) is 99.6 Å². The van der Waals surface area contributed by atoms with Crippen molar-refractivity contribution in [2.24, 2.45) is 0 Å². The minimum absolute atomic E-state index is 0.338. The average molecular weight is 434 g/mol. The van der Waals surface area contributed by atoms with Gasteiger partial charge in [-0.3, -0.25) is 4.79 Å². The molecule has 8 nitrogen and oxygen atoms in total. The average Bonchev–Trinajstić information content (AvgIpc) is 3.20. The predicted molar refractivity (Wildman–Crippen MR) is 111 cm³/mol. The van der Waals surface area contributed by atoms with Gasteiger partial charge in [0, 0.05) is 6.08 Å². The van der Waals surface area contributed by atoms with E-state index in [2.05, 4.69) is 14.1 Å². The van der Waals surface area contributed by atoms with Gasteiger partial charge in [-0.05, 0) is 35.9 Å². The van der Waals surface area contributed by atoms with Gasteiger partial charge in [-0.15, -0.1) is 0 Å². The number of benzene rings is 2. The number of nitrogens with zero attached hydrogens (tertiary/aromatic N) is 2. The van der Waals surface area contributed by atoms with Gasteiger partial charge >= 0.3 is 5.97 Å². The number of rotatable bonds is 7. The third kappa shape index (κ3) is 5.01. The Morgan fingerprint density at radius 3 is 2.79 bits per heavy atom. The molecule has 1 N–H and O–H groups in total. The number of hydrogen-bond acceptors (Lipinski definition) is 8. The van der Waals surface area contributed by atoms with E-state index in [1.807, 2.05) is 0 Å². The number of carbonyl (C=O) groups is 2. The molecule has 3 rings (SSSR count). The highest BCUT2D eigenvalue weighted by molar-refractivity contribution is 7.00. The maximum absolute atomic E-state index is 12.1. The molecule has 150 valence electrons. The number of carbonyl (C=O) groups excluding carboxylic acids is 2. The van der Waals surface area contributed by atoms with Crippen LogP contribution in [-0.2, 0) is 14.3 Å². The first kappa shape index (κ1) is 20.6. The van der Waals surface area contributed by atoms with Gasteiger partial charge in [0.1, 0.15) is 11.0 Å². The lowest BCUT2D eigenvalue weighted by atomic mass is 10.2. The predicted octanol–water partition coefficient (Wildman–Crippen LogP) is 3.56. The molecule has 2 aromatic carbocycles. The molecule has 10 heteroatoms. The van der Waals surface area contributed by atoms with Gasteiger partial charge in [-0.25, -0.2) is 4.79 Å². The Kier molecular flexibility index (Phi) is 6.63. The van der Waals surface area contributed by atoms with Crippen LogP contribution in [0.3, 0.4) is 0 Å². The summed E-state index contributed by atoms with van der Waals surface area (Å²) in [5, 5.41) is 2.99. The van der Waals surface area contributed by atoms with Crippen molar-refractivity contribution in [3.8, 4) is 11.5 Å². The summed E-state index contributed by atoms with van der Waals surface area (Å²) in [5.74, 6) is -0.338. The molecule has 0 atom stereocenters. The van der Waals surface area contributed by atoms with Crippen LogP contribution in [0.25, 0.3) is 17.1 Å². The summed E-state index contributed by atoms with van der Waals surface area (Å²) in [7, 11) is 2.96. The van der Waals surface area contributed by atoms with E-state index in [0.717, 1.165) is 11.7 Å². The lowest BCUT2D eigenvalue weighted by Gasteiger charge is -2.10. The van der Waals surface area contributed by atoms with E-state index in [1.54, 1.807) is 30.3 Å². The second-order valence-corrected chi connectivity index (χ2v) is 6.60. The van der Waals surface area contributed by atoms with Crippen LogP contribution in [0.4, 0.5) is 5.69 Å². The summed E-state index contributed by atoms with van der Waals surface area (Å²) in [5.41, 5.74) is 2.38. The largest absolute Gasteiger partial charge is 0.493 e. The van der Waals surface area contributed by atoms with Gasteiger partial charge in [-0.1, -0.05) is 17.7 Å². The molecule has 29 heavy (non-hydrogen) atoms. The van der Waals surface area contributed by atoms with E-state index in [9.17, 15) is 9.59 Å². The molecule has 0 aliphatic rings. The lowest BCUT2D eigenvalue weighted by molar-refractivity contribution is -0.142. The fraction of sp³-hybridized carbons (Fsp3) is 0.158. The molecule has 1 amide bonds. The van der Waals surface area contributed by atoms with E-state index in [4.69, 9.17) is 25.8 Å². The molecule has 0 aliphatic carbocycles. The van der Waals surface area contributed by atoms with Crippen molar-refractivity contribution in [1.29, 1.82) is 0 Å². The lowest BCUT2D eigenvalue weighted by Crippen LogP contribution is -2.20. The molecule has 0 aliphatic heterocycles. The van der Waals surface area contributed by atoms with E-state index in [0.29, 0.717) is 38.8 Å². The molecule has 3 aromatic rings. The Bertz CT molecular complexity index is 1080. The zero-order chi connectivity index (χ0) is 20.8. The Labute approximate surface area is 175 Å². The van der Waals surface area contributed by atoms with Crippen molar-refractivity contribution in [1.82, 2.24) is 8.75 Å². The number of aromatic nitrogens is 2. The number of amides is 1. The number of esters is 1. The molecule has 0 fully saturated rings. The molecule has 0 saturated heterocycles. The molecule has 0 bridgehead atoms. The summed E-state index contributed by atoms with van der Waals surface area (Å²) < 4.78 is 23.6. The second kappa shape index (κ2) is 9.35. The Morgan fingerprint density at radius 1 is 1.21 bits per heavy atom. The van der Waals surface area contributed by atoms with Crippen LogP contribution in [0.5, 0.6) is 11.5 Å². The molecule has 0 spiro atoms. The minimum atomic E-state index is -0.681. The molecule has 0 radical (unpaired) electrons.